The lowest BCUT2D eigenvalue weighted by molar-refractivity contribution is -0.137. The molecular formula is C28H28N2O2. The Morgan fingerprint density at radius 1 is 0.750 bits per heavy atom. The van der Waals surface area contributed by atoms with Crippen molar-refractivity contribution in [3.8, 4) is 0 Å². The van der Waals surface area contributed by atoms with Crippen molar-refractivity contribution in [2.75, 3.05) is 5.32 Å². The van der Waals surface area contributed by atoms with Crippen molar-refractivity contribution in [2.45, 2.75) is 41.2 Å². The third-order valence-electron chi connectivity index (χ3n) is 6.14. The van der Waals surface area contributed by atoms with Gasteiger partial charge in [-0.15, -0.1) is 0 Å². The van der Waals surface area contributed by atoms with Crippen molar-refractivity contribution in [2.24, 2.45) is 0 Å². The lowest BCUT2D eigenvalue weighted by atomic mass is 9.97. The van der Waals surface area contributed by atoms with Gasteiger partial charge < -0.3 is 5.32 Å². The van der Waals surface area contributed by atoms with Crippen LogP contribution in [0.25, 0.3) is 5.57 Å². The number of aryl methyl sites for hydroxylation is 4. The standard InChI is InChI=1S/C28H28N2O2/c1-17-9-12-22(13-10-17)16-30-27(31)25(23-14-11-18(2)15-20(23)4)26(28(30)32)29-24-8-6-7-19(3)21(24)5/h6-15,29H,16H2,1-5H3. The number of hydrogen-bond acceptors (Lipinski definition) is 3. The fourth-order valence-corrected chi connectivity index (χ4v) is 4.08. The highest BCUT2D eigenvalue weighted by Gasteiger charge is 2.39. The van der Waals surface area contributed by atoms with Gasteiger partial charge in [0.25, 0.3) is 11.8 Å². The van der Waals surface area contributed by atoms with Gasteiger partial charge in [-0.1, -0.05) is 65.7 Å². The maximum Gasteiger partial charge on any atom is 0.278 e. The summed E-state index contributed by atoms with van der Waals surface area (Å²) in [5, 5.41) is 3.31. The molecule has 162 valence electrons. The van der Waals surface area contributed by atoms with Crippen LogP contribution in [0.15, 0.2) is 66.4 Å². The quantitative estimate of drug-likeness (QED) is 0.541. The SMILES string of the molecule is Cc1ccc(CN2C(=O)C(Nc3cccc(C)c3C)=C(c3ccc(C)cc3C)C2=O)cc1. The minimum atomic E-state index is -0.300. The number of rotatable bonds is 5. The second-order valence-electron chi connectivity index (χ2n) is 8.62. The van der Waals surface area contributed by atoms with E-state index in [9.17, 15) is 9.59 Å². The van der Waals surface area contributed by atoms with Gasteiger partial charge in [0.2, 0.25) is 0 Å². The summed E-state index contributed by atoms with van der Waals surface area (Å²) in [5.41, 5.74) is 8.71. The summed E-state index contributed by atoms with van der Waals surface area (Å²) in [6.07, 6.45) is 0. The van der Waals surface area contributed by atoms with Gasteiger partial charge >= 0.3 is 0 Å². The van der Waals surface area contributed by atoms with Gasteiger partial charge in [0, 0.05) is 5.69 Å². The van der Waals surface area contributed by atoms with Crippen LogP contribution in [0, 0.1) is 34.6 Å². The smallest absolute Gasteiger partial charge is 0.278 e. The Bertz CT molecular complexity index is 1250. The van der Waals surface area contributed by atoms with E-state index in [1.54, 1.807) is 0 Å². The van der Waals surface area contributed by atoms with Crippen LogP contribution >= 0.6 is 0 Å². The summed E-state index contributed by atoms with van der Waals surface area (Å²) in [6, 6.07) is 19.8. The zero-order valence-electron chi connectivity index (χ0n) is 19.2. The minimum absolute atomic E-state index is 0.240. The van der Waals surface area contributed by atoms with E-state index in [0.717, 1.165) is 44.6 Å². The molecule has 1 aliphatic rings. The van der Waals surface area contributed by atoms with E-state index in [1.165, 1.54) is 4.90 Å². The molecule has 0 spiro atoms. The molecule has 0 bridgehead atoms. The number of amides is 2. The third kappa shape index (κ3) is 3.96. The molecule has 0 fully saturated rings. The normalized spacial score (nSPS) is 13.8. The highest BCUT2D eigenvalue weighted by atomic mass is 16.2. The highest BCUT2D eigenvalue weighted by molar-refractivity contribution is 6.36. The summed E-state index contributed by atoms with van der Waals surface area (Å²) in [4.78, 5) is 28.5. The summed E-state index contributed by atoms with van der Waals surface area (Å²) < 4.78 is 0. The van der Waals surface area contributed by atoms with Gasteiger partial charge in [0.1, 0.15) is 5.70 Å². The first-order valence-electron chi connectivity index (χ1n) is 10.8. The molecule has 4 nitrogen and oxygen atoms in total. The molecule has 1 N–H and O–H groups in total. The van der Waals surface area contributed by atoms with Gasteiger partial charge in [-0.25, -0.2) is 0 Å². The Morgan fingerprint density at radius 2 is 1.44 bits per heavy atom. The van der Waals surface area contributed by atoms with Crippen molar-refractivity contribution < 1.29 is 9.59 Å². The molecule has 0 atom stereocenters. The first-order chi connectivity index (χ1) is 15.3. The van der Waals surface area contributed by atoms with E-state index in [2.05, 4.69) is 5.32 Å². The Morgan fingerprint density at radius 3 is 2.12 bits per heavy atom. The number of anilines is 1. The molecule has 0 aromatic heterocycles. The molecular weight excluding hydrogens is 396 g/mol. The number of nitrogens with zero attached hydrogens (tertiary/aromatic N) is 1. The van der Waals surface area contributed by atoms with E-state index in [-0.39, 0.29) is 18.4 Å². The summed E-state index contributed by atoms with van der Waals surface area (Å²) in [6.45, 7) is 10.3. The van der Waals surface area contributed by atoms with Crippen molar-refractivity contribution in [3.63, 3.8) is 0 Å². The van der Waals surface area contributed by atoms with Gasteiger partial charge in [-0.3, -0.25) is 14.5 Å². The van der Waals surface area contributed by atoms with E-state index in [1.807, 2.05) is 95.3 Å². The van der Waals surface area contributed by atoms with Crippen molar-refractivity contribution in [3.05, 3.63) is 105 Å². The van der Waals surface area contributed by atoms with Crippen molar-refractivity contribution in [1.82, 2.24) is 4.90 Å². The molecule has 4 rings (SSSR count). The maximum absolute atomic E-state index is 13.6. The fraction of sp³-hybridized carbons (Fsp3) is 0.214. The Balaban J connectivity index is 1.80. The van der Waals surface area contributed by atoms with Crippen LogP contribution in [0.1, 0.15) is 38.9 Å². The first-order valence-corrected chi connectivity index (χ1v) is 10.8. The van der Waals surface area contributed by atoms with E-state index >= 15 is 0 Å². The van der Waals surface area contributed by atoms with Gasteiger partial charge in [-0.2, -0.15) is 0 Å². The molecule has 0 saturated heterocycles. The molecule has 4 heteroatoms. The second-order valence-corrected chi connectivity index (χ2v) is 8.62. The lowest BCUT2D eigenvalue weighted by Gasteiger charge is -2.16. The summed E-state index contributed by atoms with van der Waals surface area (Å²) >= 11 is 0. The monoisotopic (exact) mass is 424 g/mol. The van der Waals surface area contributed by atoms with Crippen LogP contribution in [-0.4, -0.2) is 16.7 Å². The van der Waals surface area contributed by atoms with Crippen LogP contribution in [0.3, 0.4) is 0 Å². The van der Waals surface area contributed by atoms with Gasteiger partial charge in [-0.05, 0) is 68.5 Å². The average molecular weight is 425 g/mol. The Labute approximate surface area is 189 Å². The Hall–Kier alpha value is -3.66. The molecule has 1 aliphatic heterocycles. The number of benzene rings is 3. The number of carbonyl (C=O) groups is 2. The fourth-order valence-electron chi connectivity index (χ4n) is 4.08. The number of imide groups is 1. The predicted molar refractivity (Wildman–Crippen MR) is 129 cm³/mol. The average Bonchev–Trinajstić information content (AvgIpc) is 2.97. The topological polar surface area (TPSA) is 49.4 Å². The van der Waals surface area contributed by atoms with Crippen LogP contribution in [0.5, 0.6) is 0 Å². The molecule has 3 aromatic carbocycles. The Kier molecular flexibility index (Phi) is 5.70. The molecule has 2 amide bonds. The maximum atomic E-state index is 13.6. The van der Waals surface area contributed by atoms with Crippen molar-refractivity contribution in [1.29, 1.82) is 0 Å². The van der Waals surface area contributed by atoms with E-state index < -0.39 is 0 Å². The molecule has 1 heterocycles. The second kappa shape index (κ2) is 8.46. The molecule has 3 aromatic rings. The highest BCUT2D eigenvalue weighted by Crippen LogP contribution is 2.34. The van der Waals surface area contributed by atoms with Crippen LogP contribution in [0.2, 0.25) is 0 Å². The van der Waals surface area contributed by atoms with E-state index in [0.29, 0.717) is 11.3 Å². The molecule has 0 saturated carbocycles. The van der Waals surface area contributed by atoms with Crippen LogP contribution in [-0.2, 0) is 16.1 Å². The summed E-state index contributed by atoms with van der Waals surface area (Å²) in [5.74, 6) is -0.568. The molecule has 0 radical (unpaired) electrons. The zero-order valence-corrected chi connectivity index (χ0v) is 19.2. The lowest BCUT2D eigenvalue weighted by Crippen LogP contribution is -2.32. The predicted octanol–water partition coefficient (Wildman–Crippen LogP) is 5.62. The minimum Gasteiger partial charge on any atom is -0.350 e. The third-order valence-corrected chi connectivity index (χ3v) is 6.14. The van der Waals surface area contributed by atoms with Crippen molar-refractivity contribution >= 4 is 23.1 Å². The first kappa shape index (κ1) is 21.6. The molecule has 0 aliphatic carbocycles. The largest absolute Gasteiger partial charge is 0.350 e. The van der Waals surface area contributed by atoms with Crippen LogP contribution < -0.4 is 5.32 Å². The number of nitrogens with one attached hydrogen (secondary N) is 1. The zero-order chi connectivity index (χ0) is 23.0. The van der Waals surface area contributed by atoms with Gasteiger partial charge in [0.05, 0.1) is 12.1 Å². The van der Waals surface area contributed by atoms with E-state index in [4.69, 9.17) is 0 Å². The molecule has 0 unspecified atom stereocenters. The summed E-state index contributed by atoms with van der Waals surface area (Å²) in [7, 11) is 0. The molecule has 32 heavy (non-hydrogen) atoms. The van der Waals surface area contributed by atoms with Crippen LogP contribution in [0.4, 0.5) is 5.69 Å². The number of carbonyl (C=O) groups excluding carboxylic acids is 2. The van der Waals surface area contributed by atoms with Gasteiger partial charge in [0.15, 0.2) is 0 Å². The number of hydrogen-bond donors (Lipinski definition) is 1.